The molecule has 1 unspecified atom stereocenters. The number of rotatable bonds is 6. The lowest BCUT2D eigenvalue weighted by Crippen LogP contribution is -2.15. The summed E-state index contributed by atoms with van der Waals surface area (Å²) in [5, 5.41) is 2.79. The van der Waals surface area contributed by atoms with Crippen LogP contribution in [0.5, 0.6) is 0 Å². The summed E-state index contributed by atoms with van der Waals surface area (Å²) >= 11 is 3.84. The molecule has 3 atom stereocenters. The first-order valence-corrected chi connectivity index (χ1v) is 11.0. The predicted octanol–water partition coefficient (Wildman–Crippen LogP) is 2.92. The fraction of sp³-hybridized carbons (Fsp3) is 0.294. The molecular formula is C17H18N5O4PS. The Morgan fingerprint density at radius 1 is 1.32 bits per heavy atom. The topological polar surface area (TPSA) is 111 Å². The monoisotopic (exact) mass is 419 g/mol. The van der Waals surface area contributed by atoms with Crippen LogP contribution >= 0.6 is 19.8 Å². The Morgan fingerprint density at radius 2 is 2.14 bits per heavy atom. The molecule has 9 nitrogen and oxygen atoms in total. The van der Waals surface area contributed by atoms with Gasteiger partial charge in [-0.3, -0.25) is 9.36 Å². The molecule has 1 fully saturated rings. The number of anilines is 1. The van der Waals surface area contributed by atoms with Gasteiger partial charge in [-0.2, -0.15) is 0 Å². The van der Waals surface area contributed by atoms with Gasteiger partial charge in [0.2, 0.25) is 7.58 Å². The number of amides is 1. The van der Waals surface area contributed by atoms with Gasteiger partial charge in [0.15, 0.2) is 17.0 Å². The van der Waals surface area contributed by atoms with Crippen molar-refractivity contribution in [3.05, 3.63) is 48.5 Å². The normalized spacial score (nSPS) is 20.4. The summed E-state index contributed by atoms with van der Waals surface area (Å²) in [5.41, 5.74) is 1.59. The summed E-state index contributed by atoms with van der Waals surface area (Å²) in [6, 6.07) is 8.89. The Bertz CT molecular complexity index is 971. The maximum absolute atomic E-state index is 12.4. The summed E-state index contributed by atoms with van der Waals surface area (Å²) < 4.78 is 12.9. The van der Waals surface area contributed by atoms with Gasteiger partial charge in [-0.1, -0.05) is 30.4 Å². The molecule has 1 saturated heterocycles. The van der Waals surface area contributed by atoms with Crippen LogP contribution in [0.1, 0.15) is 29.4 Å². The van der Waals surface area contributed by atoms with Gasteiger partial charge in [-0.15, -0.1) is 0 Å². The molecule has 0 bridgehead atoms. The van der Waals surface area contributed by atoms with E-state index in [-0.39, 0.29) is 24.8 Å². The first-order chi connectivity index (χ1) is 13.6. The first kappa shape index (κ1) is 19.2. The van der Waals surface area contributed by atoms with E-state index in [0.717, 1.165) is 12.8 Å². The number of fused-ring (bicyclic) bond motifs is 1. The molecule has 2 aromatic heterocycles. The maximum Gasteiger partial charge on any atom is 0.256 e. The lowest BCUT2D eigenvalue weighted by molar-refractivity contribution is -0.0150. The largest absolute Gasteiger partial charge is 0.352 e. The molecule has 1 aliphatic heterocycles. The fourth-order valence-electron chi connectivity index (χ4n) is 3.09. The van der Waals surface area contributed by atoms with Crippen molar-refractivity contribution in [1.82, 2.24) is 19.5 Å². The van der Waals surface area contributed by atoms with Crippen LogP contribution in [-0.2, 0) is 9.26 Å². The molecular weight excluding hydrogens is 401 g/mol. The van der Waals surface area contributed by atoms with E-state index in [2.05, 4.69) is 32.5 Å². The molecule has 146 valence electrons. The number of hydrogen-bond acceptors (Lipinski definition) is 8. The molecule has 0 spiro atoms. The number of thiol groups is 1. The summed E-state index contributed by atoms with van der Waals surface area (Å²) in [4.78, 5) is 34.4. The molecule has 0 radical (unpaired) electrons. The van der Waals surface area contributed by atoms with Crippen molar-refractivity contribution < 1.29 is 18.9 Å². The van der Waals surface area contributed by atoms with Gasteiger partial charge in [-0.25, -0.2) is 15.0 Å². The quantitative estimate of drug-likeness (QED) is 0.416. The summed E-state index contributed by atoms with van der Waals surface area (Å²) in [7, 11) is -1.70. The number of aromatic nitrogens is 4. The van der Waals surface area contributed by atoms with E-state index in [0.29, 0.717) is 22.5 Å². The standard InChI is InChI=1S/C17H18N5O4PS/c23-17(11-4-2-1-3-5-11)21-15-14-16(19-9-18-15)22(10-20-14)13-7-6-12(26-13)8-25-27(24)28/h1-5,9-10,12-13,24,28H,6-8H2,(H,18,19,21,23)/t12-,13+,27?/m0/s1. The van der Waals surface area contributed by atoms with Gasteiger partial charge in [-0.05, 0) is 25.0 Å². The lowest BCUT2D eigenvalue weighted by Gasteiger charge is -2.15. The molecule has 1 amide bonds. The minimum atomic E-state index is -1.70. The second-order valence-corrected chi connectivity index (χ2v) is 8.00. The Labute approximate surface area is 167 Å². The number of imidazole rings is 1. The van der Waals surface area contributed by atoms with E-state index in [1.165, 1.54) is 6.33 Å². The van der Waals surface area contributed by atoms with E-state index in [4.69, 9.17) is 9.26 Å². The minimum Gasteiger partial charge on any atom is -0.352 e. The number of ether oxygens (including phenoxy) is 1. The zero-order valence-electron chi connectivity index (χ0n) is 14.7. The molecule has 1 aromatic carbocycles. The predicted molar refractivity (Wildman–Crippen MR) is 107 cm³/mol. The molecule has 3 heterocycles. The van der Waals surface area contributed by atoms with Crippen LogP contribution in [0.25, 0.3) is 11.2 Å². The van der Waals surface area contributed by atoms with Crippen LogP contribution in [0.15, 0.2) is 43.0 Å². The highest BCUT2D eigenvalue weighted by molar-refractivity contribution is 8.41. The van der Waals surface area contributed by atoms with Gasteiger partial charge in [0.05, 0.1) is 19.0 Å². The van der Waals surface area contributed by atoms with Gasteiger partial charge in [0.1, 0.15) is 12.6 Å². The van der Waals surface area contributed by atoms with Crippen LogP contribution in [-0.4, -0.2) is 43.0 Å². The van der Waals surface area contributed by atoms with Crippen molar-refractivity contribution in [2.24, 2.45) is 0 Å². The average molecular weight is 419 g/mol. The van der Waals surface area contributed by atoms with E-state index in [1.807, 2.05) is 10.6 Å². The summed E-state index contributed by atoms with van der Waals surface area (Å²) in [6.45, 7) is 0.280. The molecule has 11 heteroatoms. The van der Waals surface area contributed by atoms with Crippen LogP contribution in [0.3, 0.4) is 0 Å². The highest BCUT2D eigenvalue weighted by Crippen LogP contribution is 2.38. The van der Waals surface area contributed by atoms with Gasteiger partial charge in [0.25, 0.3) is 5.91 Å². The Kier molecular flexibility index (Phi) is 5.84. The Morgan fingerprint density at radius 3 is 2.93 bits per heavy atom. The number of benzene rings is 1. The Hall–Kier alpha value is -2.10. The Balaban J connectivity index is 1.52. The lowest BCUT2D eigenvalue weighted by atomic mass is 10.2. The molecule has 4 rings (SSSR count). The van der Waals surface area contributed by atoms with Crippen LogP contribution in [0.4, 0.5) is 5.82 Å². The number of carbonyl (C=O) groups excluding carboxylic acids is 1. The van der Waals surface area contributed by atoms with Crippen molar-refractivity contribution in [3.8, 4) is 0 Å². The zero-order chi connectivity index (χ0) is 19.5. The number of carbonyl (C=O) groups is 1. The number of nitrogens with zero attached hydrogens (tertiary/aromatic N) is 4. The van der Waals surface area contributed by atoms with E-state index in [1.54, 1.807) is 30.6 Å². The number of nitrogens with one attached hydrogen (secondary N) is 1. The number of hydrogen-bond donors (Lipinski definition) is 3. The molecule has 0 aliphatic carbocycles. The van der Waals surface area contributed by atoms with Crippen LogP contribution in [0, 0.1) is 0 Å². The highest BCUT2D eigenvalue weighted by Gasteiger charge is 2.29. The van der Waals surface area contributed by atoms with Crippen LogP contribution < -0.4 is 5.32 Å². The fourth-order valence-corrected chi connectivity index (χ4v) is 3.59. The first-order valence-electron chi connectivity index (χ1n) is 8.62. The van der Waals surface area contributed by atoms with Crippen molar-refractivity contribution in [1.29, 1.82) is 0 Å². The second kappa shape index (κ2) is 8.50. The SMILES string of the molecule is O=C(Nc1ncnc2c1ncn2[C@H]1CC[C@@H](COP(O)S)O1)c1ccccc1. The summed E-state index contributed by atoms with van der Waals surface area (Å²) in [6.07, 6.45) is 4.16. The van der Waals surface area contributed by atoms with Crippen molar-refractivity contribution in [3.63, 3.8) is 0 Å². The van der Waals surface area contributed by atoms with Gasteiger partial charge < -0.3 is 19.5 Å². The summed E-state index contributed by atoms with van der Waals surface area (Å²) in [5.74, 6) is 0.0771. The third-order valence-electron chi connectivity index (χ3n) is 4.40. The smallest absolute Gasteiger partial charge is 0.256 e. The van der Waals surface area contributed by atoms with Crippen molar-refractivity contribution >= 4 is 42.7 Å². The van der Waals surface area contributed by atoms with Crippen LogP contribution in [0.2, 0.25) is 0 Å². The molecule has 2 N–H and O–H groups in total. The van der Waals surface area contributed by atoms with Gasteiger partial charge in [0, 0.05) is 5.56 Å². The second-order valence-electron chi connectivity index (χ2n) is 6.21. The zero-order valence-corrected chi connectivity index (χ0v) is 16.5. The molecule has 1 aliphatic rings. The molecule has 0 saturated carbocycles. The molecule has 3 aromatic rings. The van der Waals surface area contributed by atoms with E-state index in [9.17, 15) is 9.69 Å². The maximum atomic E-state index is 12.4. The minimum absolute atomic E-state index is 0.133. The average Bonchev–Trinajstić information content (AvgIpc) is 3.34. The third-order valence-corrected chi connectivity index (χ3v) is 5.12. The van der Waals surface area contributed by atoms with E-state index >= 15 is 0 Å². The van der Waals surface area contributed by atoms with Gasteiger partial charge >= 0.3 is 0 Å². The molecule has 28 heavy (non-hydrogen) atoms. The van der Waals surface area contributed by atoms with Crippen molar-refractivity contribution in [2.45, 2.75) is 25.2 Å². The van der Waals surface area contributed by atoms with Crippen molar-refractivity contribution in [2.75, 3.05) is 11.9 Å². The third kappa shape index (κ3) is 4.16. The highest BCUT2D eigenvalue weighted by atomic mass is 32.7. The van der Waals surface area contributed by atoms with E-state index < -0.39 is 7.58 Å².